The van der Waals surface area contributed by atoms with Crippen LogP contribution in [0, 0.1) is 6.92 Å². The van der Waals surface area contributed by atoms with Crippen molar-refractivity contribution in [2.45, 2.75) is 6.92 Å². The van der Waals surface area contributed by atoms with Crippen LogP contribution in [0.5, 0.6) is 0 Å². The van der Waals surface area contributed by atoms with Gasteiger partial charge in [0.05, 0.1) is 0 Å². The average molecular weight is 378 g/mol. The Bertz CT molecular complexity index is 884. The van der Waals surface area contributed by atoms with Gasteiger partial charge in [-0.25, -0.2) is 0 Å². The van der Waals surface area contributed by atoms with Gasteiger partial charge in [0.15, 0.2) is 0 Å². The minimum atomic E-state index is -0.185. The Hall–Kier alpha value is -2.64. The number of carbonyl (C=O) groups is 1. The first-order valence-corrected chi connectivity index (χ1v) is 8.35. The zero-order valence-electron chi connectivity index (χ0n) is 13.1. The number of nitrogens with zero attached hydrogens (tertiary/aromatic N) is 1. The van der Waals surface area contributed by atoms with Crippen molar-refractivity contribution in [1.29, 1.82) is 0 Å². The summed E-state index contributed by atoms with van der Waals surface area (Å²) in [5, 5.41) is 2.76. The van der Waals surface area contributed by atoms with Crippen LogP contribution in [0.1, 0.15) is 21.5 Å². The molecule has 0 fully saturated rings. The second-order valence-electron chi connectivity index (χ2n) is 5.37. The number of hydrogen-bond acceptors (Lipinski definition) is 2. The topological polar surface area (TPSA) is 41.5 Å². The summed E-state index contributed by atoms with van der Waals surface area (Å²) in [4.78, 5) is 16.5. The van der Waals surface area contributed by atoms with Gasteiger partial charge >= 0.3 is 149 Å². The first-order chi connectivity index (χ1) is 11.6. The summed E-state index contributed by atoms with van der Waals surface area (Å²) < 4.78 is 0.438. The molecule has 0 spiro atoms. The fourth-order valence-electron chi connectivity index (χ4n) is 2.24. The molecule has 1 N–H and O–H groups in total. The molecule has 0 bridgehead atoms. The molecular weight excluding hydrogens is 363 g/mol. The van der Waals surface area contributed by atoms with Crippen molar-refractivity contribution in [3.8, 4) is 0 Å². The van der Waals surface area contributed by atoms with Gasteiger partial charge < -0.3 is 0 Å². The summed E-state index contributed by atoms with van der Waals surface area (Å²) >= 11 is 2.79. The molecule has 0 saturated heterocycles. The van der Waals surface area contributed by atoms with Crippen LogP contribution in [0.25, 0.3) is 5.57 Å². The van der Waals surface area contributed by atoms with Crippen molar-refractivity contribution < 1.29 is 4.79 Å². The molecule has 1 aliphatic rings. The van der Waals surface area contributed by atoms with Crippen molar-refractivity contribution in [2.24, 2.45) is 4.99 Å². The Balaban J connectivity index is 1.69. The van der Waals surface area contributed by atoms with Gasteiger partial charge in [0, 0.05) is 0 Å². The first-order valence-electron chi connectivity index (χ1n) is 7.49. The molecular formula is C20H15N2OSe. The van der Waals surface area contributed by atoms with E-state index in [1.807, 2.05) is 61.5 Å². The van der Waals surface area contributed by atoms with E-state index in [1.54, 1.807) is 12.1 Å². The molecule has 0 aliphatic heterocycles. The van der Waals surface area contributed by atoms with Gasteiger partial charge in [-0.2, -0.15) is 0 Å². The van der Waals surface area contributed by atoms with Gasteiger partial charge in [0.1, 0.15) is 0 Å². The summed E-state index contributed by atoms with van der Waals surface area (Å²) in [6.07, 6.45) is 5.86. The second-order valence-corrected chi connectivity index (χ2v) is 6.18. The number of hydrogen-bond donors (Lipinski definition) is 1. The number of aryl methyl sites for hydroxylation is 1. The number of amidine groups is 1. The maximum absolute atomic E-state index is 12.2. The maximum atomic E-state index is 12.2. The van der Waals surface area contributed by atoms with E-state index < -0.39 is 0 Å². The molecule has 1 radical (unpaired) electrons. The van der Waals surface area contributed by atoms with E-state index in [1.165, 1.54) is 0 Å². The minimum absolute atomic E-state index is 0.185. The van der Waals surface area contributed by atoms with E-state index >= 15 is 0 Å². The summed E-state index contributed by atoms with van der Waals surface area (Å²) in [7, 11) is 0. The first kappa shape index (κ1) is 16.2. The SMILES string of the molecule is Cc1ccc(C(=O)NC([Se])=Nc2ccc(C3=C=CC=C3)cc2)cc1. The number of rotatable bonds is 3. The van der Waals surface area contributed by atoms with Crippen molar-refractivity contribution in [1.82, 2.24) is 5.32 Å². The second kappa shape index (κ2) is 7.29. The molecule has 4 heteroatoms. The summed E-state index contributed by atoms with van der Waals surface area (Å²) in [6, 6.07) is 15.2. The van der Waals surface area contributed by atoms with Crippen LogP contribution in [-0.4, -0.2) is 26.7 Å². The van der Waals surface area contributed by atoms with Crippen LogP contribution in [-0.2, 0) is 0 Å². The molecule has 2 aromatic carbocycles. The number of amides is 1. The van der Waals surface area contributed by atoms with E-state index in [9.17, 15) is 4.79 Å². The average Bonchev–Trinajstić information content (AvgIpc) is 3.10. The molecule has 0 atom stereocenters. The Morgan fingerprint density at radius 2 is 1.79 bits per heavy atom. The van der Waals surface area contributed by atoms with E-state index in [4.69, 9.17) is 0 Å². The molecule has 0 aromatic heterocycles. The van der Waals surface area contributed by atoms with Crippen molar-refractivity contribution in [3.63, 3.8) is 0 Å². The molecule has 0 heterocycles. The number of nitrogens with one attached hydrogen (secondary N) is 1. The summed E-state index contributed by atoms with van der Waals surface area (Å²) in [6.45, 7) is 1.99. The van der Waals surface area contributed by atoms with E-state index in [0.717, 1.165) is 22.4 Å². The predicted molar refractivity (Wildman–Crippen MR) is 98.6 cm³/mol. The van der Waals surface area contributed by atoms with Crippen molar-refractivity contribution >= 4 is 37.9 Å². The normalized spacial score (nSPS) is 13.0. The van der Waals surface area contributed by atoms with E-state index in [-0.39, 0.29) is 5.91 Å². The number of benzene rings is 2. The zero-order valence-corrected chi connectivity index (χ0v) is 14.8. The van der Waals surface area contributed by atoms with Gasteiger partial charge in [-0.05, 0) is 0 Å². The van der Waals surface area contributed by atoms with Crippen molar-refractivity contribution in [3.05, 3.63) is 89.2 Å². The monoisotopic (exact) mass is 379 g/mol. The molecule has 0 saturated carbocycles. The van der Waals surface area contributed by atoms with Gasteiger partial charge in [-0.15, -0.1) is 0 Å². The fraction of sp³-hybridized carbons (Fsp3) is 0.0500. The molecule has 1 amide bonds. The Kier molecular flexibility index (Phi) is 4.93. The summed E-state index contributed by atoms with van der Waals surface area (Å²) in [5.41, 5.74) is 7.79. The van der Waals surface area contributed by atoms with Gasteiger partial charge in [0.2, 0.25) is 0 Å². The molecule has 24 heavy (non-hydrogen) atoms. The summed E-state index contributed by atoms with van der Waals surface area (Å²) in [5.74, 6) is -0.185. The molecule has 0 unspecified atom stereocenters. The number of carbonyl (C=O) groups excluding carboxylic acids is 1. The van der Waals surface area contributed by atoms with Gasteiger partial charge in [-0.3, -0.25) is 0 Å². The van der Waals surface area contributed by atoms with Crippen LogP contribution in [0.15, 0.2) is 77.5 Å². The third-order valence-corrected chi connectivity index (χ3v) is 3.95. The Morgan fingerprint density at radius 1 is 1.08 bits per heavy atom. The van der Waals surface area contributed by atoms with Crippen LogP contribution in [0.3, 0.4) is 0 Å². The third-order valence-electron chi connectivity index (χ3n) is 3.54. The Morgan fingerprint density at radius 3 is 2.42 bits per heavy atom. The number of aliphatic imine (C=N–C) groups is 1. The quantitative estimate of drug-likeness (QED) is 0.376. The van der Waals surface area contributed by atoms with Gasteiger partial charge in [0.25, 0.3) is 0 Å². The standard InChI is InChI=1S/C20H15N2OSe/c1-14-6-8-17(9-7-14)19(23)22-20(24)21-18-12-10-16(11-13-18)15-4-2-3-5-15/h2-4,6-13H,1H3,(H,21,22,23). The molecule has 1 aliphatic carbocycles. The van der Waals surface area contributed by atoms with Crippen molar-refractivity contribution in [2.75, 3.05) is 0 Å². The van der Waals surface area contributed by atoms with Crippen LogP contribution < -0.4 is 5.32 Å². The fourth-order valence-corrected chi connectivity index (χ4v) is 2.66. The van der Waals surface area contributed by atoms with E-state index in [2.05, 4.69) is 32.1 Å². The molecule has 2 aromatic rings. The predicted octanol–water partition coefficient (Wildman–Crippen LogP) is 3.69. The molecule has 117 valence electrons. The van der Waals surface area contributed by atoms with E-state index in [0.29, 0.717) is 10.3 Å². The molecule has 3 nitrogen and oxygen atoms in total. The number of allylic oxidation sites excluding steroid dienone is 3. The van der Waals surface area contributed by atoms with Gasteiger partial charge in [-0.1, -0.05) is 0 Å². The van der Waals surface area contributed by atoms with Crippen LogP contribution in [0.2, 0.25) is 0 Å². The Labute approximate surface area is 149 Å². The van der Waals surface area contributed by atoms with Crippen LogP contribution in [0.4, 0.5) is 5.69 Å². The third kappa shape index (κ3) is 4.01. The van der Waals surface area contributed by atoms with Crippen LogP contribution >= 0.6 is 0 Å². The molecule has 3 rings (SSSR count). The zero-order chi connectivity index (χ0) is 16.9.